The first-order chi connectivity index (χ1) is 8.39. The summed E-state index contributed by atoms with van der Waals surface area (Å²) in [5.41, 5.74) is 1.45. The zero-order chi connectivity index (χ0) is 13.3. The number of aryl methyl sites for hydroxylation is 1. The molecule has 1 aromatic heterocycles. The van der Waals surface area contributed by atoms with Gasteiger partial charge in [-0.3, -0.25) is 4.79 Å². The van der Waals surface area contributed by atoms with Gasteiger partial charge in [0.1, 0.15) is 0 Å². The molecule has 0 saturated carbocycles. The number of rotatable bonds is 2. The predicted molar refractivity (Wildman–Crippen MR) is 63.0 cm³/mol. The maximum absolute atomic E-state index is 12.0. The van der Waals surface area contributed by atoms with E-state index in [4.69, 9.17) is 0 Å². The lowest BCUT2D eigenvalue weighted by atomic mass is 10.2. The van der Waals surface area contributed by atoms with E-state index in [2.05, 4.69) is 0 Å². The number of allylic oxidation sites excluding steroid dienone is 1. The van der Waals surface area contributed by atoms with Gasteiger partial charge < -0.3 is 4.57 Å². The van der Waals surface area contributed by atoms with Crippen molar-refractivity contribution in [1.29, 1.82) is 0 Å². The third kappa shape index (κ3) is 2.30. The molecule has 0 saturated heterocycles. The van der Waals surface area contributed by atoms with Crippen molar-refractivity contribution in [3.05, 3.63) is 42.1 Å². The highest BCUT2D eigenvalue weighted by molar-refractivity contribution is 5.98. The van der Waals surface area contributed by atoms with Crippen molar-refractivity contribution in [3.63, 3.8) is 0 Å². The summed E-state index contributed by atoms with van der Waals surface area (Å²) in [4.78, 5) is 10.7. The van der Waals surface area contributed by atoms with E-state index < -0.39 is 12.0 Å². The number of alkyl halides is 3. The molecule has 0 atom stereocenters. The first kappa shape index (κ1) is 12.4. The number of fused-ring (bicyclic) bond motifs is 1. The standard InChI is InChI=1S/C13H10F3NO/c1-17-10(6-7-12(18)13(14,15)16)8-9-4-2-3-5-11(9)17/h2-8H,1H3/b7-6+. The zero-order valence-corrected chi connectivity index (χ0v) is 9.53. The van der Waals surface area contributed by atoms with Crippen LogP contribution in [0.25, 0.3) is 17.0 Å². The van der Waals surface area contributed by atoms with E-state index >= 15 is 0 Å². The van der Waals surface area contributed by atoms with Crippen molar-refractivity contribution in [1.82, 2.24) is 4.57 Å². The topological polar surface area (TPSA) is 22.0 Å². The fraction of sp³-hybridized carbons (Fsp3) is 0.154. The Morgan fingerprint density at radius 2 is 1.94 bits per heavy atom. The molecule has 0 spiro atoms. The third-order valence-electron chi connectivity index (χ3n) is 2.67. The molecular weight excluding hydrogens is 243 g/mol. The molecule has 2 nitrogen and oxygen atoms in total. The summed E-state index contributed by atoms with van der Waals surface area (Å²) in [6.07, 6.45) is -3.09. The highest BCUT2D eigenvalue weighted by atomic mass is 19.4. The molecule has 18 heavy (non-hydrogen) atoms. The van der Waals surface area contributed by atoms with Crippen LogP contribution in [0, 0.1) is 0 Å². The largest absolute Gasteiger partial charge is 0.454 e. The van der Waals surface area contributed by atoms with Crippen LogP contribution in [0.1, 0.15) is 5.69 Å². The van der Waals surface area contributed by atoms with Crippen molar-refractivity contribution in [2.45, 2.75) is 6.18 Å². The monoisotopic (exact) mass is 253 g/mol. The predicted octanol–water partition coefficient (Wildman–Crippen LogP) is 3.32. The lowest BCUT2D eigenvalue weighted by Gasteiger charge is -2.00. The Kier molecular flexibility index (Phi) is 2.98. The van der Waals surface area contributed by atoms with Crippen LogP contribution in [0.4, 0.5) is 13.2 Å². The second-order valence-corrected chi connectivity index (χ2v) is 3.88. The van der Waals surface area contributed by atoms with Gasteiger partial charge in [0.05, 0.1) is 0 Å². The van der Waals surface area contributed by atoms with Gasteiger partial charge in [0.15, 0.2) is 0 Å². The molecular formula is C13H10F3NO. The number of aromatic nitrogens is 1. The van der Waals surface area contributed by atoms with Crippen molar-refractivity contribution in [2.24, 2.45) is 7.05 Å². The summed E-state index contributed by atoms with van der Waals surface area (Å²) < 4.78 is 37.9. The van der Waals surface area contributed by atoms with Gasteiger partial charge in [0, 0.05) is 23.6 Å². The molecule has 0 aliphatic rings. The number of ketones is 1. The van der Waals surface area contributed by atoms with E-state index in [1.807, 2.05) is 24.3 Å². The molecule has 0 amide bonds. The number of hydrogen-bond acceptors (Lipinski definition) is 1. The molecule has 0 fully saturated rings. The Bertz CT molecular complexity index is 623. The Balaban J connectivity index is 2.36. The molecule has 0 radical (unpaired) electrons. The second kappa shape index (κ2) is 4.33. The first-order valence-electron chi connectivity index (χ1n) is 5.23. The van der Waals surface area contributed by atoms with E-state index in [1.54, 1.807) is 17.7 Å². The van der Waals surface area contributed by atoms with Gasteiger partial charge in [-0.2, -0.15) is 13.2 Å². The van der Waals surface area contributed by atoms with Crippen LogP contribution in [0.5, 0.6) is 0 Å². The summed E-state index contributed by atoms with van der Waals surface area (Å²) in [5.74, 6) is -1.85. The van der Waals surface area contributed by atoms with Gasteiger partial charge >= 0.3 is 6.18 Å². The average Bonchev–Trinajstić information content (AvgIpc) is 2.63. The lowest BCUT2D eigenvalue weighted by Crippen LogP contribution is -2.19. The van der Waals surface area contributed by atoms with Crippen LogP contribution in [0.2, 0.25) is 0 Å². The highest BCUT2D eigenvalue weighted by Crippen LogP contribution is 2.21. The molecule has 2 rings (SSSR count). The average molecular weight is 253 g/mol. The van der Waals surface area contributed by atoms with E-state index in [1.165, 1.54) is 6.08 Å². The van der Waals surface area contributed by atoms with Crippen molar-refractivity contribution in [2.75, 3.05) is 0 Å². The van der Waals surface area contributed by atoms with E-state index in [0.29, 0.717) is 11.8 Å². The van der Waals surface area contributed by atoms with Crippen LogP contribution in [-0.4, -0.2) is 16.5 Å². The molecule has 0 N–H and O–H groups in total. The van der Waals surface area contributed by atoms with E-state index in [0.717, 1.165) is 10.9 Å². The van der Waals surface area contributed by atoms with Gasteiger partial charge in [0.25, 0.3) is 5.78 Å². The van der Waals surface area contributed by atoms with Gasteiger partial charge in [-0.25, -0.2) is 0 Å². The SMILES string of the molecule is Cn1c(/C=C/C(=O)C(F)(F)F)cc2ccccc21. The summed E-state index contributed by atoms with van der Waals surface area (Å²) in [6, 6.07) is 9.14. The normalized spacial score (nSPS) is 12.4. The second-order valence-electron chi connectivity index (χ2n) is 3.88. The van der Waals surface area contributed by atoms with Crippen LogP contribution in [0.3, 0.4) is 0 Å². The Morgan fingerprint density at radius 1 is 1.28 bits per heavy atom. The summed E-state index contributed by atoms with van der Waals surface area (Å²) in [6.45, 7) is 0. The number of halogens is 3. The first-order valence-corrected chi connectivity index (χ1v) is 5.23. The van der Waals surface area contributed by atoms with Crippen molar-refractivity contribution in [3.8, 4) is 0 Å². The molecule has 1 aromatic carbocycles. The Hall–Kier alpha value is -2.04. The number of para-hydroxylation sites is 1. The van der Waals surface area contributed by atoms with Crippen LogP contribution >= 0.6 is 0 Å². The van der Waals surface area contributed by atoms with E-state index in [9.17, 15) is 18.0 Å². The Labute approximate surface area is 101 Å². The van der Waals surface area contributed by atoms with Crippen LogP contribution in [0.15, 0.2) is 36.4 Å². The zero-order valence-electron chi connectivity index (χ0n) is 9.53. The minimum Gasteiger partial charge on any atom is -0.344 e. The number of carbonyl (C=O) groups is 1. The fourth-order valence-electron chi connectivity index (χ4n) is 1.73. The number of nitrogens with zero attached hydrogens (tertiary/aromatic N) is 1. The van der Waals surface area contributed by atoms with E-state index in [-0.39, 0.29) is 0 Å². The molecule has 1 heterocycles. The number of hydrogen-bond donors (Lipinski definition) is 0. The lowest BCUT2D eigenvalue weighted by molar-refractivity contribution is -0.165. The molecule has 0 aliphatic carbocycles. The summed E-state index contributed by atoms with van der Waals surface area (Å²) in [5, 5.41) is 0.916. The molecule has 0 aliphatic heterocycles. The number of benzene rings is 1. The highest BCUT2D eigenvalue weighted by Gasteiger charge is 2.36. The summed E-state index contributed by atoms with van der Waals surface area (Å²) in [7, 11) is 1.74. The van der Waals surface area contributed by atoms with Gasteiger partial charge in [-0.1, -0.05) is 18.2 Å². The van der Waals surface area contributed by atoms with Crippen LogP contribution < -0.4 is 0 Å². The maximum atomic E-state index is 12.0. The fourth-order valence-corrected chi connectivity index (χ4v) is 1.73. The Morgan fingerprint density at radius 3 is 2.56 bits per heavy atom. The third-order valence-corrected chi connectivity index (χ3v) is 2.67. The summed E-state index contributed by atoms with van der Waals surface area (Å²) >= 11 is 0. The molecule has 5 heteroatoms. The molecule has 0 unspecified atom stereocenters. The smallest absolute Gasteiger partial charge is 0.344 e. The van der Waals surface area contributed by atoms with Crippen LogP contribution in [-0.2, 0) is 11.8 Å². The van der Waals surface area contributed by atoms with Gasteiger partial charge in [0.2, 0.25) is 0 Å². The molecule has 0 bridgehead atoms. The molecule has 94 valence electrons. The van der Waals surface area contributed by atoms with Crippen molar-refractivity contribution < 1.29 is 18.0 Å². The number of carbonyl (C=O) groups excluding carboxylic acids is 1. The van der Waals surface area contributed by atoms with Crippen molar-refractivity contribution >= 4 is 22.8 Å². The van der Waals surface area contributed by atoms with Gasteiger partial charge in [-0.15, -0.1) is 0 Å². The quantitative estimate of drug-likeness (QED) is 0.752. The maximum Gasteiger partial charge on any atom is 0.454 e. The van der Waals surface area contributed by atoms with Gasteiger partial charge in [-0.05, 0) is 24.3 Å². The minimum atomic E-state index is -4.82. The minimum absolute atomic E-state index is 0.550. The molecule has 2 aromatic rings.